The fourth-order valence-electron chi connectivity index (χ4n) is 1.80. The standard InChI is InChI=1S/C16H13ClINO4/c1-22-15(20)11-7-13(18)12(17)8-14(11)19-16(21)23-9-10-5-3-2-4-6-10/h2-8H,9H2,1H3,(H,19,21). The lowest BCUT2D eigenvalue weighted by atomic mass is 10.2. The number of benzene rings is 2. The van der Waals surface area contributed by atoms with Crippen molar-refractivity contribution < 1.29 is 19.1 Å². The summed E-state index contributed by atoms with van der Waals surface area (Å²) in [6.07, 6.45) is -0.684. The van der Waals surface area contributed by atoms with Crippen LogP contribution < -0.4 is 5.32 Å². The average molecular weight is 446 g/mol. The lowest BCUT2D eigenvalue weighted by Gasteiger charge is -2.12. The monoisotopic (exact) mass is 445 g/mol. The molecule has 0 heterocycles. The lowest BCUT2D eigenvalue weighted by molar-refractivity contribution is 0.0602. The van der Waals surface area contributed by atoms with Crippen molar-refractivity contribution in [1.82, 2.24) is 0 Å². The summed E-state index contributed by atoms with van der Waals surface area (Å²) in [5.74, 6) is -0.571. The molecule has 120 valence electrons. The van der Waals surface area contributed by atoms with Gasteiger partial charge in [-0.15, -0.1) is 0 Å². The number of carbonyl (C=O) groups excluding carboxylic acids is 2. The first kappa shape index (κ1) is 17.6. The van der Waals surface area contributed by atoms with Crippen molar-refractivity contribution in [3.05, 3.63) is 62.2 Å². The van der Waals surface area contributed by atoms with Gasteiger partial charge in [0.15, 0.2) is 0 Å². The number of hydrogen-bond acceptors (Lipinski definition) is 4. The van der Waals surface area contributed by atoms with Gasteiger partial charge in [0.2, 0.25) is 0 Å². The van der Waals surface area contributed by atoms with Crippen LogP contribution in [0.4, 0.5) is 10.5 Å². The third-order valence-corrected chi connectivity index (χ3v) is 4.44. The van der Waals surface area contributed by atoms with Crippen LogP contribution in [0.5, 0.6) is 0 Å². The molecule has 23 heavy (non-hydrogen) atoms. The Morgan fingerprint density at radius 2 is 1.91 bits per heavy atom. The zero-order valence-corrected chi connectivity index (χ0v) is 15.1. The second-order valence-electron chi connectivity index (χ2n) is 4.49. The first-order valence-electron chi connectivity index (χ1n) is 6.56. The van der Waals surface area contributed by atoms with Gasteiger partial charge in [0.1, 0.15) is 6.61 Å². The SMILES string of the molecule is COC(=O)c1cc(I)c(Cl)cc1NC(=O)OCc1ccccc1. The van der Waals surface area contributed by atoms with Gasteiger partial charge in [0.25, 0.3) is 0 Å². The highest BCUT2D eigenvalue weighted by atomic mass is 127. The highest BCUT2D eigenvalue weighted by Crippen LogP contribution is 2.27. The van der Waals surface area contributed by atoms with E-state index in [0.717, 1.165) is 5.56 Å². The molecule has 0 spiro atoms. The van der Waals surface area contributed by atoms with Crippen LogP contribution in [0.15, 0.2) is 42.5 Å². The fourth-order valence-corrected chi connectivity index (χ4v) is 2.43. The van der Waals surface area contributed by atoms with E-state index in [-0.39, 0.29) is 17.9 Å². The summed E-state index contributed by atoms with van der Waals surface area (Å²) in [5, 5.41) is 2.93. The van der Waals surface area contributed by atoms with Crippen molar-refractivity contribution in [3.8, 4) is 0 Å². The van der Waals surface area contributed by atoms with E-state index in [1.54, 1.807) is 6.07 Å². The van der Waals surface area contributed by atoms with Crippen LogP contribution in [0.3, 0.4) is 0 Å². The molecule has 0 aliphatic rings. The molecule has 1 N–H and O–H groups in total. The predicted octanol–water partition coefficient (Wildman–Crippen LogP) is 4.48. The van der Waals surface area contributed by atoms with E-state index in [2.05, 4.69) is 5.32 Å². The number of nitrogens with one attached hydrogen (secondary N) is 1. The second-order valence-corrected chi connectivity index (χ2v) is 6.06. The smallest absolute Gasteiger partial charge is 0.411 e. The number of esters is 1. The highest BCUT2D eigenvalue weighted by molar-refractivity contribution is 14.1. The first-order chi connectivity index (χ1) is 11.0. The third-order valence-electron chi connectivity index (χ3n) is 2.92. The summed E-state index contributed by atoms with van der Waals surface area (Å²) in [7, 11) is 1.27. The largest absolute Gasteiger partial charge is 0.465 e. The van der Waals surface area contributed by atoms with Crippen LogP contribution >= 0.6 is 34.2 Å². The number of carbonyl (C=O) groups is 2. The third kappa shape index (κ3) is 4.84. The number of hydrogen-bond donors (Lipinski definition) is 1. The van der Waals surface area contributed by atoms with E-state index in [1.165, 1.54) is 13.2 Å². The quantitative estimate of drug-likeness (QED) is 0.557. The minimum absolute atomic E-state index is 0.123. The molecule has 0 saturated carbocycles. The number of anilines is 1. The van der Waals surface area contributed by atoms with E-state index in [1.807, 2.05) is 52.9 Å². The molecule has 0 aliphatic heterocycles. The summed E-state index contributed by atoms with van der Waals surface area (Å²) in [6.45, 7) is 0.123. The average Bonchev–Trinajstić information content (AvgIpc) is 2.56. The molecule has 5 nitrogen and oxygen atoms in total. The summed E-state index contributed by atoms with van der Waals surface area (Å²) >= 11 is 8.03. The molecule has 2 rings (SSSR count). The van der Waals surface area contributed by atoms with Crippen LogP contribution in [-0.4, -0.2) is 19.2 Å². The molecule has 0 unspecified atom stereocenters. The Hall–Kier alpha value is -1.80. The summed E-state index contributed by atoms with van der Waals surface area (Å²) in [5.41, 5.74) is 1.30. The maximum absolute atomic E-state index is 11.9. The predicted molar refractivity (Wildman–Crippen MR) is 95.8 cm³/mol. The van der Waals surface area contributed by atoms with Gasteiger partial charge >= 0.3 is 12.1 Å². The Morgan fingerprint density at radius 3 is 2.57 bits per heavy atom. The van der Waals surface area contributed by atoms with E-state index < -0.39 is 12.1 Å². The van der Waals surface area contributed by atoms with Gasteiger partial charge < -0.3 is 9.47 Å². The van der Waals surface area contributed by atoms with E-state index in [9.17, 15) is 9.59 Å². The fraction of sp³-hybridized carbons (Fsp3) is 0.125. The Morgan fingerprint density at radius 1 is 1.22 bits per heavy atom. The van der Waals surface area contributed by atoms with Crippen molar-refractivity contribution in [2.75, 3.05) is 12.4 Å². The van der Waals surface area contributed by atoms with E-state index in [0.29, 0.717) is 8.59 Å². The van der Waals surface area contributed by atoms with Gasteiger partial charge in [-0.2, -0.15) is 0 Å². The first-order valence-corrected chi connectivity index (χ1v) is 8.02. The van der Waals surface area contributed by atoms with Gasteiger partial charge in [-0.05, 0) is 40.3 Å². The molecular formula is C16H13ClINO4. The normalized spacial score (nSPS) is 10.0. The summed E-state index contributed by atoms with van der Waals surface area (Å²) in [4.78, 5) is 23.7. The van der Waals surface area contributed by atoms with Crippen LogP contribution in [0, 0.1) is 3.57 Å². The number of rotatable bonds is 4. The summed E-state index contributed by atoms with van der Waals surface area (Å²) in [6, 6.07) is 12.3. The van der Waals surface area contributed by atoms with E-state index >= 15 is 0 Å². The molecule has 2 aromatic rings. The lowest BCUT2D eigenvalue weighted by Crippen LogP contribution is -2.16. The molecular weight excluding hydrogens is 433 g/mol. The van der Waals surface area contributed by atoms with Gasteiger partial charge in [-0.3, -0.25) is 5.32 Å². The van der Waals surface area contributed by atoms with Crippen molar-refractivity contribution >= 4 is 51.9 Å². The molecule has 2 aromatic carbocycles. The van der Waals surface area contributed by atoms with Gasteiger partial charge in [-0.25, -0.2) is 9.59 Å². The van der Waals surface area contributed by atoms with Crippen LogP contribution in [0.25, 0.3) is 0 Å². The zero-order chi connectivity index (χ0) is 16.8. The van der Waals surface area contributed by atoms with Gasteiger partial charge in [0.05, 0.1) is 23.4 Å². The van der Waals surface area contributed by atoms with Gasteiger partial charge in [-0.1, -0.05) is 41.9 Å². The van der Waals surface area contributed by atoms with Crippen LogP contribution in [0.1, 0.15) is 15.9 Å². The highest BCUT2D eigenvalue weighted by Gasteiger charge is 2.17. The molecule has 0 saturated heterocycles. The Labute approximate surface area is 152 Å². The van der Waals surface area contributed by atoms with Crippen molar-refractivity contribution in [2.45, 2.75) is 6.61 Å². The van der Waals surface area contributed by atoms with Crippen LogP contribution in [0.2, 0.25) is 5.02 Å². The number of amides is 1. The maximum Gasteiger partial charge on any atom is 0.411 e. The minimum atomic E-state index is -0.684. The molecule has 0 bridgehead atoms. The molecule has 0 radical (unpaired) electrons. The van der Waals surface area contributed by atoms with E-state index in [4.69, 9.17) is 21.1 Å². The van der Waals surface area contributed by atoms with Crippen molar-refractivity contribution in [3.63, 3.8) is 0 Å². The Bertz CT molecular complexity index is 722. The zero-order valence-electron chi connectivity index (χ0n) is 12.1. The number of ether oxygens (including phenoxy) is 2. The molecule has 7 heteroatoms. The summed E-state index contributed by atoms with van der Waals surface area (Å²) < 4.78 is 10.5. The Kier molecular flexibility index (Phi) is 6.23. The molecule has 0 aliphatic carbocycles. The Balaban J connectivity index is 2.10. The number of methoxy groups -OCH3 is 1. The molecule has 0 fully saturated rings. The molecule has 0 atom stereocenters. The topological polar surface area (TPSA) is 64.6 Å². The molecule has 0 aromatic heterocycles. The van der Waals surface area contributed by atoms with Crippen molar-refractivity contribution in [2.24, 2.45) is 0 Å². The van der Waals surface area contributed by atoms with Gasteiger partial charge in [0, 0.05) is 3.57 Å². The number of halogens is 2. The van der Waals surface area contributed by atoms with Crippen LogP contribution in [-0.2, 0) is 16.1 Å². The van der Waals surface area contributed by atoms with Crippen molar-refractivity contribution in [1.29, 1.82) is 0 Å². The maximum atomic E-state index is 11.9. The minimum Gasteiger partial charge on any atom is -0.465 e. The molecule has 1 amide bonds. The second kappa shape index (κ2) is 8.16.